The molecule has 0 spiro atoms. The SMILES string of the molecule is NC(Cn1ccnc1)c1cscn1. The first-order chi connectivity index (χ1) is 6.36. The second kappa shape index (κ2) is 3.68. The fraction of sp³-hybridized carbons (Fsp3) is 0.250. The largest absolute Gasteiger partial charge is 0.336 e. The maximum absolute atomic E-state index is 5.93. The topological polar surface area (TPSA) is 56.7 Å². The monoisotopic (exact) mass is 194 g/mol. The van der Waals surface area contributed by atoms with E-state index < -0.39 is 0 Å². The number of nitrogens with zero attached hydrogens (tertiary/aromatic N) is 3. The maximum Gasteiger partial charge on any atom is 0.0946 e. The van der Waals surface area contributed by atoms with E-state index in [1.807, 2.05) is 16.1 Å². The molecule has 5 heteroatoms. The summed E-state index contributed by atoms with van der Waals surface area (Å²) in [6.07, 6.45) is 5.40. The van der Waals surface area contributed by atoms with E-state index >= 15 is 0 Å². The molecule has 0 saturated carbocycles. The summed E-state index contributed by atoms with van der Waals surface area (Å²) in [5, 5.41) is 1.97. The van der Waals surface area contributed by atoms with Crippen molar-refractivity contribution in [3.63, 3.8) is 0 Å². The Kier molecular flexibility index (Phi) is 2.37. The Bertz CT molecular complexity index is 340. The number of rotatable bonds is 3. The summed E-state index contributed by atoms with van der Waals surface area (Å²) < 4.78 is 1.95. The first-order valence-electron chi connectivity index (χ1n) is 3.95. The molecule has 0 saturated heterocycles. The van der Waals surface area contributed by atoms with Crippen LogP contribution in [-0.2, 0) is 6.54 Å². The van der Waals surface area contributed by atoms with Crippen LogP contribution in [0.5, 0.6) is 0 Å². The van der Waals surface area contributed by atoms with Crippen molar-refractivity contribution in [2.45, 2.75) is 12.6 Å². The van der Waals surface area contributed by atoms with Gasteiger partial charge in [0.25, 0.3) is 0 Å². The number of imidazole rings is 1. The smallest absolute Gasteiger partial charge is 0.0946 e. The molecule has 13 heavy (non-hydrogen) atoms. The van der Waals surface area contributed by atoms with Gasteiger partial charge in [0.2, 0.25) is 0 Å². The molecule has 2 N–H and O–H groups in total. The average molecular weight is 194 g/mol. The Balaban J connectivity index is 2.04. The highest BCUT2D eigenvalue weighted by Gasteiger charge is 2.07. The second-order valence-corrected chi connectivity index (χ2v) is 3.50. The van der Waals surface area contributed by atoms with Crippen LogP contribution in [0, 0.1) is 0 Å². The quantitative estimate of drug-likeness (QED) is 0.794. The summed E-state index contributed by atoms with van der Waals surface area (Å²) >= 11 is 1.56. The van der Waals surface area contributed by atoms with E-state index in [0.29, 0.717) is 0 Å². The Morgan fingerprint density at radius 3 is 3.15 bits per heavy atom. The molecule has 0 aromatic carbocycles. The Morgan fingerprint density at radius 1 is 1.62 bits per heavy atom. The molecule has 2 heterocycles. The van der Waals surface area contributed by atoms with Gasteiger partial charge in [-0.05, 0) is 0 Å². The van der Waals surface area contributed by atoms with Crippen molar-refractivity contribution < 1.29 is 0 Å². The second-order valence-electron chi connectivity index (χ2n) is 2.78. The number of hydrogen-bond donors (Lipinski definition) is 1. The summed E-state index contributed by atoms with van der Waals surface area (Å²) in [5.74, 6) is 0. The Hall–Kier alpha value is -1.20. The third-order valence-corrected chi connectivity index (χ3v) is 2.40. The van der Waals surface area contributed by atoms with Crippen LogP contribution in [-0.4, -0.2) is 14.5 Å². The zero-order valence-electron chi connectivity index (χ0n) is 7.00. The van der Waals surface area contributed by atoms with Gasteiger partial charge in [0.1, 0.15) is 0 Å². The fourth-order valence-corrected chi connectivity index (χ4v) is 1.74. The van der Waals surface area contributed by atoms with Crippen LogP contribution >= 0.6 is 11.3 Å². The summed E-state index contributed by atoms with van der Waals surface area (Å²) in [4.78, 5) is 8.10. The molecule has 0 fully saturated rings. The van der Waals surface area contributed by atoms with Gasteiger partial charge < -0.3 is 10.3 Å². The summed E-state index contributed by atoms with van der Waals surface area (Å²) in [6.45, 7) is 0.726. The van der Waals surface area contributed by atoms with Crippen molar-refractivity contribution in [3.05, 3.63) is 35.3 Å². The molecule has 0 aliphatic heterocycles. The van der Waals surface area contributed by atoms with E-state index in [1.165, 1.54) is 0 Å². The average Bonchev–Trinajstić information content (AvgIpc) is 2.74. The minimum Gasteiger partial charge on any atom is -0.336 e. The molecule has 4 nitrogen and oxygen atoms in total. The first kappa shape index (κ1) is 8.40. The molecule has 2 aromatic heterocycles. The van der Waals surface area contributed by atoms with Crippen LogP contribution in [0.4, 0.5) is 0 Å². The lowest BCUT2D eigenvalue weighted by Gasteiger charge is -2.08. The molecule has 0 amide bonds. The third-order valence-electron chi connectivity index (χ3n) is 1.80. The number of aromatic nitrogens is 3. The minimum atomic E-state index is -0.0413. The number of hydrogen-bond acceptors (Lipinski definition) is 4. The Labute approximate surface area is 80.1 Å². The van der Waals surface area contributed by atoms with Crippen molar-refractivity contribution >= 4 is 11.3 Å². The van der Waals surface area contributed by atoms with Gasteiger partial charge in [0.05, 0.1) is 23.6 Å². The minimum absolute atomic E-state index is 0.0413. The predicted octanol–water partition coefficient (Wildman–Crippen LogP) is 1.04. The lowest BCUT2D eigenvalue weighted by Crippen LogP contribution is -2.16. The van der Waals surface area contributed by atoms with Crippen molar-refractivity contribution in [1.29, 1.82) is 0 Å². The third kappa shape index (κ3) is 1.93. The molecule has 1 unspecified atom stereocenters. The van der Waals surface area contributed by atoms with Gasteiger partial charge in [-0.25, -0.2) is 9.97 Å². The number of nitrogens with two attached hydrogens (primary N) is 1. The first-order valence-corrected chi connectivity index (χ1v) is 4.90. The van der Waals surface area contributed by atoms with Gasteiger partial charge in [0.15, 0.2) is 0 Å². The summed E-state index contributed by atoms with van der Waals surface area (Å²) in [7, 11) is 0. The van der Waals surface area contributed by atoms with Gasteiger partial charge >= 0.3 is 0 Å². The standard InChI is InChI=1S/C8H10N4S/c9-7(8-4-13-6-11-8)3-12-2-1-10-5-12/h1-2,4-7H,3,9H2. The zero-order valence-corrected chi connectivity index (χ0v) is 7.81. The molecule has 0 bridgehead atoms. The molecule has 2 aromatic rings. The van der Waals surface area contributed by atoms with Crippen LogP contribution in [0.1, 0.15) is 11.7 Å². The van der Waals surface area contributed by atoms with Crippen LogP contribution in [0.2, 0.25) is 0 Å². The molecule has 2 rings (SSSR count). The van der Waals surface area contributed by atoms with Crippen LogP contribution < -0.4 is 5.73 Å². The van der Waals surface area contributed by atoms with Gasteiger partial charge in [-0.2, -0.15) is 0 Å². The zero-order chi connectivity index (χ0) is 9.10. The van der Waals surface area contributed by atoms with Crippen LogP contribution in [0.15, 0.2) is 29.6 Å². The molecule has 0 aliphatic rings. The highest BCUT2D eigenvalue weighted by molar-refractivity contribution is 7.07. The van der Waals surface area contributed by atoms with Gasteiger partial charge in [0, 0.05) is 24.3 Å². The number of thiazole rings is 1. The molecule has 1 atom stereocenters. The summed E-state index contributed by atoms with van der Waals surface area (Å²) in [6, 6.07) is -0.0413. The molecular formula is C8H10N4S. The van der Waals surface area contributed by atoms with Gasteiger partial charge in [-0.3, -0.25) is 0 Å². The molecular weight excluding hydrogens is 184 g/mol. The Morgan fingerprint density at radius 2 is 2.54 bits per heavy atom. The predicted molar refractivity (Wildman–Crippen MR) is 51.3 cm³/mol. The van der Waals surface area contributed by atoms with Crippen molar-refractivity contribution in [2.24, 2.45) is 5.73 Å². The highest BCUT2D eigenvalue weighted by Crippen LogP contribution is 2.11. The molecule has 0 radical (unpaired) electrons. The van der Waals surface area contributed by atoms with Gasteiger partial charge in [-0.1, -0.05) is 0 Å². The van der Waals surface area contributed by atoms with Crippen molar-refractivity contribution in [1.82, 2.24) is 14.5 Å². The van der Waals surface area contributed by atoms with E-state index in [0.717, 1.165) is 12.2 Å². The van der Waals surface area contributed by atoms with E-state index in [1.54, 1.807) is 29.4 Å². The van der Waals surface area contributed by atoms with Gasteiger partial charge in [-0.15, -0.1) is 11.3 Å². The van der Waals surface area contributed by atoms with Crippen molar-refractivity contribution in [2.75, 3.05) is 0 Å². The van der Waals surface area contributed by atoms with Crippen molar-refractivity contribution in [3.8, 4) is 0 Å². The van der Waals surface area contributed by atoms with Crippen LogP contribution in [0.3, 0.4) is 0 Å². The van der Waals surface area contributed by atoms with E-state index in [-0.39, 0.29) is 6.04 Å². The van der Waals surface area contributed by atoms with E-state index in [9.17, 15) is 0 Å². The highest BCUT2D eigenvalue weighted by atomic mass is 32.1. The lowest BCUT2D eigenvalue weighted by atomic mass is 10.2. The lowest BCUT2D eigenvalue weighted by molar-refractivity contribution is 0.567. The van der Waals surface area contributed by atoms with E-state index in [2.05, 4.69) is 9.97 Å². The van der Waals surface area contributed by atoms with Crippen LogP contribution in [0.25, 0.3) is 0 Å². The maximum atomic E-state index is 5.93. The normalized spacial score (nSPS) is 13.0. The fourth-order valence-electron chi connectivity index (χ4n) is 1.12. The summed E-state index contributed by atoms with van der Waals surface area (Å²) in [5.41, 5.74) is 8.66. The van der Waals surface area contributed by atoms with E-state index in [4.69, 9.17) is 5.73 Å². The molecule has 0 aliphatic carbocycles. The molecule has 68 valence electrons.